The smallest absolute Gasteiger partial charge is 0.316 e. The van der Waals surface area contributed by atoms with E-state index in [1.807, 2.05) is 41.3 Å². The zero-order valence-corrected chi connectivity index (χ0v) is 15.6. The summed E-state index contributed by atoms with van der Waals surface area (Å²) >= 11 is 0. The van der Waals surface area contributed by atoms with Gasteiger partial charge in [0.1, 0.15) is 30.8 Å². The monoisotopic (exact) mass is 372 g/mol. The molecule has 1 fully saturated rings. The van der Waals surface area contributed by atoms with Crippen LogP contribution in [0.2, 0.25) is 0 Å². The molecule has 0 aliphatic carbocycles. The van der Waals surface area contributed by atoms with E-state index in [9.17, 15) is 10.0 Å². The molecule has 1 aromatic carbocycles. The fraction of sp³-hybridized carbons (Fsp3) is 0.400. The van der Waals surface area contributed by atoms with Gasteiger partial charge in [0.25, 0.3) is 0 Å². The van der Waals surface area contributed by atoms with Crippen molar-refractivity contribution in [2.24, 2.45) is 0 Å². The fourth-order valence-corrected chi connectivity index (χ4v) is 3.10. The summed E-state index contributed by atoms with van der Waals surface area (Å²) in [5.74, 6) is 2.46. The Morgan fingerprint density at radius 2 is 1.78 bits per heavy atom. The van der Waals surface area contributed by atoms with Gasteiger partial charge in [0.05, 0.1) is 26.8 Å². The molecule has 7 heteroatoms. The maximum atomic E-state index is 12.4. The molecule has 0 bridgehead atoms. The van der Waals surface area contributed by atoms with Crippen LogP contribution in [0.1, 0.15) is 12.8 Å². The van der Waals surface area contributed by atoms with E-state index in [0.29, 0.717) is 45.6 Å². The van der Waals surface area contributed by atoms with Crippen LogP contribution in [0.4, 0.5) is 5.82 Å². The highest BCUT2D eigenvalue weighted by atomic mass is 16.5. The number of benzene rings is 1. The Kier molecular flexibility index (Phi) is 6.35. The molecule has 0 atom stereocenters. The fourth-order valence-electron chi connectivity index (χ4n) is 3.10. The zero-order valence-electron chi connectivity index (χ0n) is 15.6. The van der Waals surface area contributed by atoms with Crippen LogP contribution < -0.4 is 19.1 Å². The van der Waals surface area contributed by atoms with Crippen molar-refractivity contribution in [1.29, 1.82) is 0 Å². The van der Waals surface area contributed by atoms with Crippen molar-refractivity contribution in [2.75, 3.05) is 44.8 Å². The largest absolute Gasteiger partial charge is 0.497 e. The molecule has 1 amide bonds. The minimum atomic E-state index is 0.151. The van der Waals surface area contributed by atoms with Crippen LogP contribution in [0.5, 0.6) is 11.5 Å². The van der Waals surface area contributed by atoms with Gasteiger partial charge in [-0.1, -0.05) is 10.8 Å². The van der Waals surface area contributed by atoms with Crippen molar-refractivity contribution in [2.45, 2.75) is 12.8 Å². The number of nitrogens with zero attached hydrogens (tertiary/aromatic N) is 3. The van der Waals surface area contributed by atoms with Gasteiger partial charge in [-0.15, -0.1) is 0 Å². The average Bonchev–Trinajstić information content (AvgIpc) is 2.72. The van der Waals surface area contributed by atoms with Gasteiger partial charge in [-0.25, -0.2) is 0 Å². The van der Waals surface area contributed by atoms with Crippen LogP contribution in [0, 0.1) is 0 Å². The molecule has 0 spiro atoms. The summed E-state index contributed by atoms with van der Waals surface area (Å²) in [5, 5.41) is 9.88. The highest BCUT2D eigenvalue weighted by molar-refractivity contribution is 5.76. The van der Waals surface area contributed by atoms with Crippen molar-refractivity contribution in [3.05, 3.63) is 48.7 Å². The lowest BCUT2D eigenvalue weighted by Gasteiger charge is -2.31. The van der Waals surface area contributed by atoms with Crippen LogP contribution in [0.3, 0.4) is 0 Å². The maximum absolute atomic E-state index is 12.4. The lowest BCUT2D eigenvalue weighted by atomic mass is 10.2. The number of rotatable bonds is 7. The first kappa shape index (κ1) is 18.8. The Bertz CT molecular complexity index is 743. The van der Waals surface area contributed by atoms with Crippen molar-refractivity contribution in [3.8, 4) is 11.5 Å². The molecule has 3 rings (SSSR count). The quantitative estimate of drug-likeness (QED) is 0.456. The molecule has 144 valence electrons. The highest BCUT2D eigenvalue weighted by Crippen LogP contribution is 2.17. The summed E-state index contributed by atoms with van der Waals surface area (Å²) < 4.78 is 11.9. The minimum absolute atomic E-state index is 0.151. The molecule has 1 aliphatic rings. The van der Waals surface area contributed by atoms with Crippen LogP contribution in [0.25, 0.3) is 0 Å². The van der Waals surface area contributed by atoms with Crippen LogP contribution in [-0.2, 0) is 4.79 Å². The van der Waals surface area contributed by atoms with E-state index in [1.165, 1.54) is 0 Å². The molecule has 0 radical (unpaired) electrons. The summed E-state index contributed by atoms with van der Waals surface area (Å²) in [6.07, 6.45) is 2.76. The molecular weight excluding hydrogens is 346 g/mol. The maximum Gasteiger partial charge on any atom is 0.316 e. The molecule has 7 nitrogen and oxygen atoms in total. The van der Waals surface area contributed by atoms with E-state index >= 15 is 0 Å². The predicted octanol–water partition coefficient (Wildman–Crippen LogP) is 1.73. The number of amides is 1. The van der Waals surface area contributed by atoms with E-state index in [0.717, 1.165) is 22.0 Å². The third kappa shape index (κ3) is 5.03. The second-order valence-corrected chi connectivity index (χ2v) is 6.40. The molecule has 1 aliphatic heterocycles. The average molecular weight is 372 g/mol. The number of anilines is 1. The standard InChI is InChI=1S/C20H26N3O4/c1-26-17-7-9-18(10-8-17)27-16-4-6-20(24)22-14-12-21(13-15-22)19-5-2-3-11-23(19)25/h2-3,5,7-11,25H,4,6,12-16H2,1H3/q+1. The molecular formula is C20H26N3O4+. The van der Waals surface area contributed by atoms with Gasteiger partial charge in [0.2, 0.25) is 5.91 Å². The molecule has 2 heterocycles. The summed E-state index contributed by atoms with van der Waals surface area (Å²) in [6.45, 7) is 3.24. The first-order chi connectivity index (χ1) is 13.2. The number of pyridine rings is 1. The van der Waals surface area contributed by atoms with Crippen LogP contribution >= 0.6 is 0 Å². The van der Waals surface area contributed by atoms with E-state index in [1.54, 1.807) is 19.4 Å². The lowest BCUT2D eigenvalue weighted by molar-refractivity contribution is -0.894. The second kappa shape index (κ2) is 9.12. The van der Waals surface area contributed by atoms with E-state index in [4.69, 9.17) is 9.47 Å². The van der Waals surface area contributed by atoms with Gasteiger partial charge in [-0.2, -0.15) is 0 Å². The predicted molar refractivity (Wildman–Crippen MR) is 100 cm³/mol. The number of carbonyl (C=O) groups is 1. The minimum Gasteiger partial charge on any atom is -0.497 e. The zero-order chi connectivity index (χ0) is 19.1. The molecule has 27 heavy (non-hydrogen) atoms. The summed E-state index contributed by atoms with van der Waals surface area (Å²) in [7, 11) is 1.63. The molecule has 1 aromatic heterocycles. The molecule has 2 aromatic rings. The number of piperazine rings is 1. The van der Waals surface area contributed by atoms with Crippen molar-refractivity contribution in [3.63, 3.8) is 0 Å². The van der Waals surface area contributed by atoms with Crippen molar-refractivity contribution >= 4 is 11.7 Å². The lowest BCUT2D eigenvalue weighted by Crippen LogP contribution is -2.52. The molecule has 1 N–H and O–H groups in total. The Balaban J connectivity index is 1.37. The number of carbonyl (C=O) groups excluding carboxylic acids is 1. The molecule has 0 unspecified atom stereocenters. The Morgan fingerprint density at radius 1 is 1.07 bits per heavy atom. The third-order valence-electron chi connectivity index (χ3n) is 4.64. The first-order valence-electron chi connectivity index (χ1n) is 9.17. The summed E-state index contributed by atoms with van der Waals surface area (Å²) in [5.41, 5.74) is 0. The third-order valence-corrected chi connectivity index (χ3v) is 4.64. The van der Waals surface area contributed by atoms with E-state index < -0.39 is 0 Å². The van der Waals surface area contributed by atoms with Gasteiger partial charge in [-0.05, 0) is 36.8 Å². The van der Waals surface area contributed by atoms with Gasteiger partial charge < -0.3 is 19.6 Å². The number of methoxy groups -OCH3 is 1. The van der Waals surface area contributed by atoms with Gasteiger partial charge in [0.15, 0.2) is 0 Å². The van der Waals surface area contributed by atoms with Crippen LogP contribution in [0.15, 0.2) is 48.7 Å². The summed E-state index contributed by atoms with van der Waals surface area (Å²) in [4.78, 5) is 16.3. The van der Waals surface area contributed by atoms with Crippen LogP contribution in [-0.4, -0.2) is 55.9 Å². The first-order valence-corrected chi connectivity index (χ1v) is 9.17. The Hall–Kier alpha value is -2.96. The normalized spacial score (nSPS) is 14.1. The number of ether oxygens (including phenoxy) is 2. The van der Waals surface area contributed by atoms with Crippen molar-refractivity contribution in [1.82, 2.24) is 4.90 Å². The van der Waals surface area contributed by atoms with Gasteiger partial charge in [0, 0.05) is 12.5 Å². The number of hydrogen-bond donors (Lipinski definition) is 1. The molecule has 1 saturated heterocycles. The van der Waals surface area contributed by atoms with Gasteiger partial charge in [-0.3, -0.25) is 9.69 Å². The second-order valence-electron chi connectivity index (χ2n) is 6.40. The Morgan fingerprint density at radius 3 is 2.44 bits per heavy atom. The Labute approximate surface area is 159 Å². The number of aromatic nitrogens is 1. The number of hydrogen-bond acceptors (Lipinski definition) is 5. The van der Waals surface area contributed by atoms with E-state index in [2.05, 4.69) is 4.90 Å². The van der Waals surface area contributed by atoms with Crippen molar-refractivity contribution < 1.29 is 24.2 Å². The topological polar surface area (TPSA) is 66.1 Å². The van der Waals surface area contributed by atoms with Gasteiger partial charge >= 0.3 is 5.82 Å². The highest BCUT2D eigenvalue weighted by Gasteiger charge is 2.27. The van der Waals surface area contributed by atoms with E-state index in [-0.39, 0.29) is 5.91 Å². The SMILES string of the molecule is COc1ccc(OCCCC(=O)N2CCN(c3cccc[n+]3O)CC2)cc1. The summed E-state index contributed by atoms with van der Waals surface area (Å²) in [6, 6.07) is 13.0. The molecule has 0 saturated carbocycles.